The van der Waals surface area contributed by atoms with Crippen LogP contribution in [0.1, 0.15) is 27.2 Å². The highest BCUT2D eigenvalue weighted by Gasteiger charge is 2.20. The Labute approximate surface area is 166 Å². The summed E-state index contributed by atoms with van der Waals surface area (Å²) in [5, 5.41) is 13.8. The Balaban J connectivity index is 0.000000516. The van der Waals surface area contributed by atoms with E-state index in [1.807, 2.05) is 0 Å². The summed E-state index contributed by atoms with van der Waals surface area (Å²) < 4.78 is 2.50. The van der Waals surface area contributed by atoms with Crippen molar-refractivity contribution in [2.45, 2.75) is 45.8 Å². The van der Waals surface area contributed by atoms with Gasteiger partial charge < -0.3 is 19.9 Å². The van der Waals surface area contributed by atoms with Crippen LogP contribution in [0.4, 0.5) is 0 Å². The number of carboxylic acids is 1. The van der Waals surface area contributed by atoms with Crippen LogP contribution in [0.5, 0.6) is 0 Å². The zero-order valence-electron chi connectivity index (χ0n) is 17.1. The highest BCUT2D eigenvalue weighted by Crippen LogP contribution is 2.28. The smallest absolute Gasteiger partial charge is 0.300 e. The number of hydrogen-bond donors (Lipinski definition) is 2. The number of fused-ring (bicyclic) bond motifs is 3. The number of carbonyl (C=O) groups is 1. The lowest BCUT2D eigenvalue weighted by atomic mass is 10.1. The first-order chi connectivity index (χ1) is 13.5. The third kappa shape index (κ3) is 4.91. The number of piperazine rings is 1. The highest BCUT2D eigenvalue weighted by atomic mass is 16.4. The molecule has 0 spiro atoms. The van der Waals surface area contributed by atoms with Crippen LogP contribution in [0.25, 0.3) is 21.8 Å². The van der Waals surface area contributed by atoms with E-state index in [1.54, 1.807) is 0 Å². The van der Waals surface area contributed by atoms with Gasteiger partial charge in [0.25, 0.3) is 5.97 Å². The molecule has 1 fully saturated rings. The molecule has 0 unspecified atom stereocenters. The average molecular weight is 382 g/mol. The summed E-state index contributed by atoms with van der Waals surface area (Å²) in [5.41, 5.74) is 2.72. The van der Waals surface area contributed by atoms with E-state index in [9.17, 15) is 0 Å². The van der Waals surface area contributed by atoms with E-state index in [1.165, 1.54) is 34.8 Å². The maximum Gasteiger partial charge on any atom is 0.300 e. The molecular weight excluding hydrogens is 350 g/mol. The molecule has 0 radical (unpaired) electrons. The molecule has 0 bridgehead atoms. The van der Waals surface area contributed by atoms with Crippen molar-refractivity contribution >= 4 is 27.8 Å². The molecule has 1 aromatic heterocycles. The predicted octanol–water partition coefficient (Wildman–Crippen LogP) is 3.96. The van der Waals surface area contributed by atoms with E-state index < -0.39 is 5.97 Å². The van der Waals surface area contributed by atoms with E-state index in [4.69, 9.17) is 9.90 Å². The standard InChI is InChI=1S/C21H27N3.C2H4O2/c1-16-14-23(15-17(2)22-16)12-7-13-24-20-10-5-3-8-18(20)19-9-4-6-11-21(19)24;1-2(3)4/h3-6,8-11,16-17,22H,7,12-15H2,1-2H3;1H3,(H,3,4)/t16-,17+;. The Bertz CT molecular complexity index is 867. The summed E-state index contributed by atoms with van der Waals surface area (Å²) in [6.45, 7) is 10.2. The van der Waals surface area contributed by atoms with Crippen LogP contribution in [0.15, 0.2) is 48.5 Å². The van der Waals surface area contributed by atoms with Crippen LogP contribution in [0.3, 0.4) is 0 Å². The maximum absolute atomic E-state index is 9.00. The molecule has 2 N–H and O–H groups in total. The Kier molecular flexibility index (Phi) is 6.70. The highest BCUT2D eigenvalue weighted by molar-refractivity contribution is 6.07. The second kappa shape index (κ2) is 9.22. The van der Waals surface area contributed by atoms with Gasteiger partial charge in [-0.15, -0.1) is 0 Å². The first kappa shape index (κ1) is 20.4. The topological polar surface area (TPSA) is 57.5 Å². The van der Waals surface area contributed by atoms with Crippen molar-refractivity contribution in [1.29, 1.82) is 0 Å². The zero-order valence-corrected chi connectivity index (χ0v) is 17.1. The molecule has 0 saturated carbocycles. The largest absolute Gasteiger partial charge is 0.481 e. The number of nitrogens with one attached hydrogen (secondary N) is 1. The van der Waals surface area contributed by atoms with Gasteiger partial charge in [-0.05, 0) is 38.9 Å². The molecule has 3 aromatic rings. The first-order valence-corrected chi connectivity index (χ1v) is 10.1. The summed E-state index contributed by atoms with van der Waals surface area (Å²) in [6.07, 6.45) is 1.20. The third-order valence-corrected chi connectivity index (χ3v) is 5.17. The Morgan fingerprint density at radius 1 is 0.964 bits per heavy atom. The van der Waals surface area contributed by atoms with Crippen molar-refractivity contribution < 1.29 is 9.90 Å². The number of aliphatic carboxylic acids is 1. The molecule has 0 aliphatic carbocycles. The fourth-order valence-corrected chi connectivity index (χ4v) is 4.32. The molecule has 2 aromatic carbocycles. The fraction of sp³-hybridized carbons (Fsp3) is 0.435. The molecule has 1 saturated heterocycles. The number of carboxylic acid groups (broad SMARTS) is 1. The maximum atomic E-state index is 9.00. The van der Waals surface area contributed by atoms with Crippen molar-refractivity contribution in [2.75, 3.05) is 19.6 Å². The van der Waals surface area contributed by atoms with E-state index in [-0.39, 0.29) is 0 Å². The second-order valence-corrected chi connectivity index (χ2v) is 7.79. The van der Waals surface area contributed by atoms with Gasteiger partial charge in [-0.1, -0.05) is 36.4 Å². The fourth-order valence-electron chi connectivity index (χ4n) is 4.32. The summed E-state index contributed by atoms with van der Waals surface area (Å²) >= 11 is 0. The van der Waals surface area contributed by atoms with Gasteiger partial charge in [-0.2, -0.15) is 0 Å². The summed E-state index contributed by atoms with van der Waals surface area (Å²) in [6, 6.07) is 18.8. The number of nitrogens with zero attached hydrogens (tertiary/aromatic N) is 2. The van der Waals surface area contributed by atoms with Crippen molar-refractivity contribution in [3.63, 3.8) is 0 Å². The van der Waals surface area contributed by atoms with Gasteiger partial charge in [0.15, 0.2) is 0 Å². The predicted molar refractivity (Wildman–Crippen MR) is 116 cm³/mol. The van der Waals surface area contributed by atoms with Gasteiger partial charge in [0.05, 0.1) is 0 Å². The van der Waals surface area contributed by atoms with Gasteiger partial charge in [0.2, 0.25) is 0 Å². The number of para-hydroxylation sites is 2. The van der Waals surface area contributed by atoms with E-state index >= 15 is 0 Å². The van der Waals surface area contributed by atoms with Crippen LogP contribution < -0.4 is 5.32 Å². The molecular formula is C23H31N3O2. The van der Waals surface area contributed by atoms with Crippen LogP contribution >= 0.6 is 0 Å². The molecule has 2 heterocycles. The molecule has 28 heavy (non-hydrogen) atoms. The quantitative estimate of drug-likeness (QED) is 0.718. The molecule has 5 nitrogen and oxygen atoms in total. The summed E-state index contributed by atoms with van der Waals surface area (Å²) in [5.74, 6) is -0.833. The lowest BCUT2D eigenvalue weighted by Crippen LogP contribution is -2.54. The number of aromatic nitrogens is 1. The monoisotopic (exact) mass is 381 g/mol. The molecule has 0 amide bonds. The minimum atomic E-state index is -0.833. The number of rotatable bonds is 4. The van der Waals surface area contributed by atoms with Gasteiger partial charge in [0.1, 0.15) is 0 Å². The van der Waals surface area contributed by atoms with Crippen molar-refractivity contribution in [3.05, 3.63) is 48.5 Å². The zero-order chi connectivity index (χ0) is 20.1. The lowest BCUT2D eigenvalue weighted by molar-refractivity contribution is -0.134. The van der Waals surface area contributed by atoms with Crippen LogP contribution in [0.2, 0.25) is 0 Å². The first-order valence-electron chi connectivity index (χ1n) is 10.1. The van der Waals surface area contributed by atoms with Crippen LogP contribution in [-0.4, -0.2) is 52.3 Å². The van der Waals surface area contributed by atoms with Gasteiger partial charge in [-0.25, -0.2) is 0 Å². The van der Waals surface area contributed by atoms with Crippen molar-refractivity contribution in [3.8, 4) is 0 Å². The Hall–Kier alpha value is -2.37. The molecule has 5 heteroatoms. The Morgan fingerprint density at radius 3 is 1.93 bits per heavy atom. The number of benzene rings is 2. The van der Waals surface area contributed by atoms with Crippen molar-refractivity contribution in [2.24, 2.45) is 0 Å². The SMILES string of the molecule is CC(=O)O.C[C@@H]1CN(CCCn2c3ccccc3c3ccccc32)C[C@H](C)N1. The minimum absolute atomic E-state index is 0.599. The van der Waals surface area contributed by atoms with Gasteiger partial charge in [-0.3, -0.25) is 4.79 Å². The third-order valence-electron chi connectivity index (χ3n) is 5.17. The van der Waals surface area contributed by atoms with E-state index in [0.29, 0.717) is 12.1 Å². The molecule has 1 aliphatic heterocycles. The molecule has 1 aliphatic rings. The molecule has 150 valence electrons. The van der Waals surface area contributed by atoms with E-state index in [2.05, 4.69) is 77.2 Å². The van der Waals surface area contributed by atoms with Crippen LogP contribution in [-0.2, 0) is 11.3 Å². The second-order valence-electron chi connectivity index (χ2n) is 7.79. The molecule has 2 atom stereocenters. The Morgan fingerprint density at radius 2 is 1.43 bits per heavy atom. The average Bonchev–Trinajstić information content (AvgIpc) is 2.95. The number of hydrogen-bond acceptors (Lipinski definition) is 3. The molecule has 4 rings (SSSR count). The van der Waals surface area contributed by atoms with E-state index in [0.717, 1.165) is 26.6 Å². The number of aryl methyl sites for hydroxylation is 1. The minimum Gasteiger partial charge on any atom is -0.481 e. The lowest BCUT2D eigenvalue weighted by Gasteiger charge is -2.36. The van der Waals surface area contributed by atoms with Gasteiger partial charge in [0, 0.05) is 60.4 Å². The van der Waals surface area contributed by atoms with Crippen LogP contribution in [0, 0.1) is 0 Å². The summed E-state index contributed by atoms with van der Waals surface area (Å²) in [4.78, 5) is 11.6. The normalized spacial score (nSPS) is 20.1. The summed E-state index contributed by atoms with van der Waals surface area (Å²) in [7, 11) is 0. The van der Waals surface area contributed by atoms with Gasteiger partial charge >= 0.3 is 0 Å². The van der Waals surface area contributed by atoms with Crippen molar-refractivity contribution in [1.82, 2.24) is 14.8 Å².